The Morgan fingerprint density at radius 1 is 1.43 bits per heavy atom. The molecule has 0 amide bonds. The smallest absolute Gasteiger partial charge is 0.175 e. The molecule has 0 rings (SSSR count). The van der Waals surface area contributed by atoms with Crippen molar-refractivity contribution in [3.05, 3.63) is 0 Å². The second-order valence-electron chi connectivity index (χ2n) is 0.937. The Morgan fingerprint density at radius 3 is 1.86 bits per heavy atom. The molecule has 0 aliphatic rings. The summed E-state index contributed by atoms with van der Waals surface area (Å²) in [7, 11) is 4.13. The second kappa shape index (κ2) is 4.89. The SMILES string of the molecule is NCC(OP)OP. The molecule has 0 aromatic rings. The molecule has 0 saturated heterocycles. The van der Waals surface area contributed by atoms with E-state index >= 15 is 0 Å². The highest BCUT2D eigenvalue weighted by Gasteiger charge is 1.97. The van der Waals surface area contributed by atoms with Gasteiger partial charge in [-0.1, -0.05) is 0 Å². The van der Waals surface area contributed by atoms with E-state index in [9.17, 15) is 0 Å². The average Bonchev–Trinajstić information content (AvgIpc) is 1.72. The van der Waals surface area contributed by atoms with E-state index in [-0.39, 0.29) is 6.29 Å². The van der Waals surface area contributed by atoms with Crippen LogP contribution in [0.2, 0.25) is 0 Å². The Labute approximate surface area is 47.5 Å². The topological polar surface area (TPSA) is 44.5 Å². The van der Waals surface area contributed by atoms with Crippen LogP contribution in [0.5, 0.6) is 0 Å². The molecule has 0 aromatic carbocycles. The fourth-order valence-electron chi connectivity index (χ4n) is 0.143. The van der Waals surface area contributed by atoms with E-state index < -0.39 is 0 Å². The van der Waals surface area contributed by atoms with Gasteiger partial charge in [-0.3, -0.25) is 0 Å². The van der Waals surface area contributed by atoms with Crippen LogP contribution in [0.1, 0.15) is 0 Å². The van der Waals surface area contributed by atoms with Gasteiger partial charge in [0, 0.05) is 25.5 Å². The fraction of sp³-hybridized carbons (Fsp3) is 1.00. The van der Waals surface area contributed by atoms with Crippen LogP contribution >= 0.6 is 18.9 Å². The van der Waals surface area contributed by atoms with E-state index in [2.05, 4.69) is 28.0 Å². The van der Waals surface area contributed by atoms with E-state index in [1.807, 2.05) is 0 Å². The molecule has 2 N–H and O–H groups in total. The van der Waals surface area contributed by atoms with Crippen molar-refractivity contribution in [2.24, 2.45) is 5.73 Å². The maximum absolute atomic E-state index is 5.12. The molecule has 7 heavy (non-hydrogen) atoms. The fourth-order valence-corrected chi connectivity index (χ4v) is 0.622. The first-order chi connectivity index (χ1) is 3.35. The van der Waals surface area contributed by atoms with Gasteiger partial charge in [0.2, 0.25) is 0 Å². The summed E-state index contributed by atoms with van der Waals surface area (Å²) >= 11 is 0. The standard InChI is InChI=1S/C2H9NO2P2/c3-1-2(4-6)5-7/h2H,1,3,6-7H2. The molecule has 0 heterocycles. The van der Waals surface area contributed by atoms with Crippen LogP contribution in [0.25, 0.3) is 0 Å². The van der Waals surface area contributed by atoms with Gasteiger partial charge in [0.1, 0.15) is 0 Å². The van der Waals surface area contributed by atoms with Gasteiger partial charge in [0.15, 0.2) is 6.29 Å². The quantitative estimate of drug-likeness (QED) is 0.440. The van der Waals surface area contributed by atoms with E-state index in [4.69, 9.17) is 5.73 Å². The maximum atomic E-state index is 5.12. The number of hydrogen-bond acceptors (Lipinski definition) is 3. The molecule has 0 spiro atoms. The molecule has 44 valence electrons. The molecular formula is C2H9NO2P2. The van der Waals surface area contributed by atoms with Crippen molar-refractivity contribution in [1.82, 2.24) is 0 Å². The summed E-state index contributed by atoms with van der Waals surface area (Å²) in [6.45, 7) is 0.368. The van der Waals surface area contributed by atoms with E-state index in [1.54, 1.807) is 0 Å². The minimum atomic E-state index is -0.310. The van der Waals surface area contributed by atoms with Crippen LogP contribution in [0.4, 0.5) is 0 Å². The molecule has 5 heteroatoms. The Bertz CT molecular complexity index is 35.2. The molecule has 0 aliphatic carbocycles. The maximum Gasteiger partial charge on any atom is 0.175 e. The monoisotopic (exact) mass is 141 g/mol. The van der Waals surface area contributed by atoms with Gasteiger partial charge in [-0.25, -0.2) is 0 Å². The molecule has 0 fully saturated rings. The van der Waals surface area contributed by atoms with Crippen LogP contribution in [-0.2, 0) is 9.05 Å². The molecule has 0 aromatic heterocycles. The van der Waals surface area contributed by atoms with E-state index in [1.165, 1.54) is 0 Å². The predicted molar refractivity (Wildman–Crippen MR) is 34.4 cm³/mol. The lowest BCUT2D eigenvalue weighted by atomic mass is 10.7. The van der Waals surface area contributed by atoms with Crippen LogP contribution in [0.3, 0.4) is 0 Å². The molecule has 2 unspecified atom stereocenters. The molecule has 3 nitrogen and oxygen atoms in total. The van der Waals surface area contributed by atoms with Crippen LogP contribution < -0.4 is 5.73 Å². The van der Waals surface area contributed by atoms with Gasteiger partial charge >= 0.3 is 0 Å². The lowest BCUT2D eigenvalue weighted by Gasteiger charge is -2.07. The van der Waals surface area contributed by atoms with Crippen LogP contribution in [-0.4, -0.2) is 12.8 Å². The molecular weight excluding hydrogens is 132 g/mol. The lowest BCUT2D eigenvalue weighted by Crippen LogP contribution is -2.19. The minimum absolute atomic E-state index is 0.310. The van der Waals surface area contributed by atoms with Gasteiger partial charge in [0.05, 0.1) is 0 Å². The predicted octanol–water partition coefficient (Wildman–Crippen LogP) is -0.115. The summed E-state index contributed by atoms with van der Waals surface area (Å²) in [4.78, 5) is 0. The largest absolute Gasteiger partial charge is 0.335 e. The summed E-state index contributed by atoms with van der Waals surface area (Å²) in [5.74, 6) is 0. The van der Waals surface area contributed by atoms with Crippen molar-refractivity contribution in [1.29, 1.82) is 0 Å². The third-order valence-electron chi connectivity index (χ3n) is 0.496. The van der Waals surface area contributed by atoms with Crippen LogP contribution in [0.15, 0.2) is 0 Å². The van der Waals surface area contributed by atoms with Gasteiger partial charge in [-0.2, -0.15) is 0 Å². The first kappa shape index (κ1) is 7.74. The molecule has 0 radical (unpaired) electrons. The van der Waals surface area contributed by atoms with E-state index in [0.29, 0.717) is 6.54 Å². The number of hydrogen-bond donors (Lipinski definition) is 1. The van der Waals surface area contributed by atoms with Crippen molar-refractivity contribution in [2.75, 3.05) is 6.54 Å². The highest BCUT2D eigenvalue weighted by Crippen LogP contribution is 2.01. The number of rotatable bonds is 3. The third-order valence-corrected chi connectivity index (χ3v) is 1.10. The lowest BCUT2D eigenvalue weighted by molar-refractivity contribution is 0.0479. The van der Waals surface area contributed by atoms with Crippen molar-refractivity contribution in [3.63, 3.8) is 0 Å². The zero-order valence-electron chi connectivity index (χ0n) is 3.83. The van der Waals surface area contributed by atoms with Gasteiger partial charge in [-0.05, 0) is 0 Å². The first-order valence-electron chi connectivity index (χ1n) is 1.76. The average molecular weight is 141 g/mol. The van der Waals surface area contributed by atoms with Gasteiger partial charge < -0.3 is 14.8 Å². The number of nitrogens with two attached hydrogens (primary N) is 1. The van der Waals surface area contributed by atoms with Crippen molar-refractivity contribution >= 4 is 18.9 Å². The normalized spacial score (nSPS) is 10.3. The zero-order valence-corrected chi connectivity index (χ0v) is 6.14. The summed E-state index contributed by atoms with van der Waals surface area (Å²) in [5.41, 5.74) is 5.12. The summed E-state index contributed by atoms with van der Waals surface area (Å²) in [6.07, 6.45) is -0.310. The molecule has 0 bridgehead atoms. The Morgan fingerprint density at radius 2 is 1.86 bits per heavy atom. The highest BCUT2D eigenvalue weighted by molar-refractivity contribution is 7.10. The Kier molecular flexibility index (Phi) is 5.41. The summed E-state index contributed by atoms with van der Waals surface area (Å²) < 4.78 is 9.19. The van der Waals surface area contributed by atoms with Crippen LogP contribution in [0, 0.1) is 0 Å². The third kappa shape index (κ3) is 3.33. The van der Waals surface area contributed by atoms with Gasteiger partial charge in [0.25, 0.3) is 0 Å². The van der Waals surface area contributed by atoms with E-state index in [0.717, 1.165) is 0 Å². The van der Waals surface area contributed by atoms with Crippen molar-refractivity contribution < 1.29 is 9.05 Å². The Balaban J connectivity index is 2.99. The Hall–Kier alpha value is 0.740. The first-order valence-corrected chi connectivity index (χ1v) is 2.70. The van der Waals surface area contributed by atoms with Gasteiger partial charge in [-0.15, -0.1) is 0 Å². The van der Waals surface area contributed by atoms with Crippen molar-refractivity contribution in [2.45, 2.75) is 6.29 Å². The molecule has 2 atom stereocenters. The molecule has 0 saturated carbocycles. The zero-order chi connectivity index (χ0) is 5.70. The highest BCUT2D eigenvalue weighted by atomic mass is 31.0. The summed E-state index contributed by atoms with van der Waals surface area (Å²) in [5, 5.41) is 0. The van der Waals surface area contributed by atoms with Crippen molar-refractivity contribution in [3.8, 4) is 0 Å². The second-order valence-corrected chi connectivity index (χ2v) is 1.48. The molecule has 0 aliphatic heterocycles. The summed E-state index contributed by atoms with van der Waals surface area (Å²) in [6, 6.07) is 0. The minimum Gasteiger partial charge on any atom is -0.335 e.